The lowest BCUT2D eigenvalue weighted by Gasteiger charge is -2.26. The van der Waals surface area contributed by atoms with Crippen molar-refractivity contribution in [3.63, 3.8) is 0 Å². The minimum atomic E-state index is 0. The highest BCUT2D eigenvalue weighted by atomic mass is 127. The van der Waals surface area contributed by atoms with Gasteiger partial charge in [0.1, 0.15) is 0 Å². The quantitative estimate of drug-likeness (QED) is 0.757. The van der Waals surface area contributed by atoms with Gasteiger partial charge in [0.2, 0.25) is 0 Å². The van der Waals surface area contributed by atoms with Crippen molar-refractivity contribution in [2.75, 3.05) is 27.2 Å². The molecule has 0 radical (unpaired) electrons. The zero-order valence-corrected chi connectivity index (χ0v) is 12.4. The van der Waals surface area contributed by atoms with Crippen molar-refractivity contribution in [1.29, 1.82) is 0 Å². The highest BCUT2D eigenvalue weighted by Crippen LogP contribution is 1.97. The van der Waals surface area contributed by atoms with E-state index in [1.54, 1.807) is 0 Å². The average Bonchev–Trinajstić information content (AvgIpc) is 2.01. The maximum absolute atomic E-state index is 4.40. The van der Waals surface area contributed by atoms with E-state index < -0.39 is 0 Å². The van der Waals surface area contributed by atoms with E-state index in [-0.39, 0.29) is 24.0 Å². The van der Waals surface area contributed by atoms with Crippen molar-refractivity contribution in [1.82, 2.24) is 15.5 Å². The summed E-state index contributed by atoms with van der Waals surface area (Å²) in [5.41, 5.74) is 0. The van der Waals surface area contributed by atoms with E-state index >= 15 is 0 Å². The standard InChI is InChI=1S/C10H22N4.HI/c1-8-5-6-11-10(12-8)13-9(2)7-14(3)4;/h8-9H,5-7H2,1-4H3,(H2,11,12,13);1H/t8?,9-;/m0./s1. The Morgan fingerprint density at radius 1 is 1.60 bits per heavy atom. The summed E-state index contributed by atoms with van der Waals surface area (Å²) < 4.78 is 0. The van der Waals surface area contributed by atoms with Crippen LogP contribution < -0.4 is 10.6 Å². The number of halogens is 1. The van der Waals surface area contributed by atoms with Crippen molar-refractivity contribution < 1.29 is 0 Å². The average molecular weight is 326 g/mol. The SMILES string of the molecule is CC1CCN=C(N[C@@H](C)CN(C)C)N1.I. The predicted octanol–water partition coefficient (Wildman–Crippen LogP) is 0.882. The van der Waals surface area contributed by atoms with Crippen LogP contribution in [0.2, 0.25) is 0 Å². The van der Waals surface area contributed by atoms with Gasteiger partial charge < -0.3 is 15.5 Å². The summed E-state index contributed by atoms with van der Waals surface area (Å²) in [4.78, 5) is 6.57. The monoisotopic (exact) mass is 326 g/mol. The lowest BCUT2D eigenvalue weighted by atomic mass is 10.2. The summed E-state index contributed by atoms with van der Waals surface area (Å²) in [5, 5.41) is 6.72. The first-order chi connectivity index (χ1) is 6.58. The van der Waals surface area contributed by atoms with Crippen molar-refractivity contribution in [3.8, 4) is 0 Å². The van der Waals surface area contributed by atoms with Gasteiger partial charge in [-0.2, -0.15) is 0 Å². The van der Waals surface area contributed by atoms with Gasteiger partial charge in [-0.3, -0.25) is 4.99 Å². The van der Waals surface area contributed by atoms with E-state index in [0.29, 0.717) is 12.1 Å². The maximum Gasteiger partial charge on any atom is 0.191 e. The Kier molecular flexibility index (Phi) is 7.25. The molecule has 90 valence electrons. The first-order valence-corrected chi connectivity index (χ1v) is 5.30. The van der Waals surface area contributed by atoms with Gasteiger partial charge in [-0.05, 0) is 34.4 Å². The summed E-state index contributed by atoms with van der Waals surface area (Å²) in [5.74, 6) is 0.957. The molecular formula is C10H23IN4. The second-order valence-corrected chi connectivity index (χ2v) is 4.37. The van der Waals surface area contributed by atoms with Crippen LogP contribution in [0.4, 0.5) is 0 Å². The second-order valence-electron chi connectivity index (χ2n) is 4.37. The molecule has 2 N–H and O–H groups in total. The van der Waals surface area contributed by atoms with Crippen LogP contribution >= 0.6 is 24.0 Å². The molecule has 1 unspecified atom stereocenters. The van der Waals surface area contributed by atoms with E-state index in [9.17, 15) is 0 Å². The van der Waals surface area contributed by atoms with Gasteiger partial charge in [0.15, 0.2) is 5.96 Å². The van der Waals surface area contributed by atoms with Crippen LogP contribution in [0.3, 0.4) is 0 Å². The molecule has 0 spiro atoms. The molecule has 1 aliphatic heterocycles. The van der Waals surface area contributed by atoms with Crippen LogP contribution in [-0.4, -0.2) is 50.1 Å². The highest BCUT2D eigenvalue weighted by Gasteiger charge is 2.12. The molecule has 5 heteroatoms. The number of aliphatic imine (C=N–C) groups is 1. The zero-order valence-electron chi connectivity index (χ0n) is 10.1. The Balaban J connectivity index is 0.00000196. The molecule has 15 heavy (non-hydrogen) atoms. The predicted molar refractivity (Wildman–Crippen MR) is 76.1 cm³/mol. The van der Waals surface area contributed by atoms with Crippen molar-refractivity contribution in [3.05, 3.63) is 0 Å². The molecule has 0 bridgehead atoms. The molecular weight excluding hydrogens is 303 g/mol. The molecule has 0 amide bonds. The van der Waals surface area contributed by atoms with Crippen molar-refractivity contribution in [2.24, 2.45) is 4.99 Å². The highest BCUT2D eigenvalue weighted by molar-refractivity contribution is 14.0. The fraction of sp³-hybridized carbons (Fsp3) is 0.900. The summed E-state index contributed by atoms with van der Waals surface area (Å²) in [6.45, 7) is 6.32. The maximum atomic E-state index is 4.40. The van der Waals surface area contributed by atoms with Gasteiger partial charge in [-0.25, -0.2) is 0 Å². The van der Waals surface area contributed by atoms with Crippen molar-refractivity contribution >= 4 is 29.9 Å². The van der Waals surface area contributed by atoms with Crippen molar-refractivity contribution in [2.45, 2.75) is 32.4 Å². The third kappa shape index (κ3) is 6.19. The smallest absolute Gasteiger partial charge is 0.191 e. The van der Waals surface area contributed by atoms with Crippen LogP contribution in [0.25, 0.3) is 0 Å². The number of likely N-dealkylation sites (N-methyl/N-ethyl adjacent to an activating group) is 1. The molecule has 0 aliphatic carbocycles. The Hall–Kier alpha value is -0.0400. The van der Waals surface area contributed by atoms with Gasteiger partial charge in [-0.1, -0.05) is 0 Å². The van der Waals surface area contributed by atoms with E-state index in [1.807, 2.05) is 0 Å². The van der Waals surface area contributed by atoms with E-state index in [1.165, 1.54) is 0 Å². The minimum absolute atomic E-state index is 0. The van der Waals surface area contributed by atoms with Crippen LogP contribution in [0.1, 0.15) is 20.3 Å². The summed E-state index contributed by atoms with van der Waals surface area (Å²) in [6.07, 6.45) is 1.13. The summed E-state index contributed by atoms with van der Waals surface area (Å²) in [7, 11) is 4.16. The number of rotatable bonds is 3. The molecule has 0 fully saturated rings. The lowest BCUT2D eigenvalue weighted by Crippen LogP contribution is -2.50. The molecule has 0 aromatic rings. The number of hydrogen-bond acceptors (Lipinski definition) is 4. The third-order valence-electron chi connectivity index (χ3n) is 2.24. The first kappa shape index (κ1) is 15.0. The molecule has 2 atom stereocenters. The van der Waals surface area contributed by atoms with Crippen LogP contribution in [0.5, 0.6) is 0 Å². The number of nitrogens with zero attached hydrogens (tertiary/aromatic N) is 2. The molecule has 1 heterocycles. The Labute approximate surface area is 110 Å². The molecule has 0 aromatic carbocycles. The van der Waals surface area contributed by atoms with Crippen LogP contribution in [-0.2, 0) is 0 Å². The Morgan fingerprint density at radius 2 is 2.27 bits per heavy atom. The molecule has 1 rings (SSSR count). The zero-order chi connectivity index (χ0) is 10.6. The van der Waals surface area contributed by atoms with Gasteiger partial charge in [0.25, 0.3) is 0 Å². The molecule has 1 aliphatic rings. The first-order valence-electron chi connectivity index (χ1n) is 5.30. The van der Waals surface area contributed by atoms with Gasteiger partial charge in [-0.15, -0.1) is 24.0 Å². The molecule has 0 saturated carbocycles. The number of guanidine groups is 1. The topological polar surface area (TPSA) is 39.7 Å². The fourth-order valence-corrected chi connectivity index (χ4v) is 1.64. The second kappa shape index (κ2) is 7.27. The lowest BCUT2D eigenvalue weighted by molar-refractivity contribution is 0.367. The molecule has 0 saturated heterocycles. The summed E-state index contributed by atoms with van der Waals surface area (Å²) >= 11 is 0. The van der Waals surface area contributed by atoms with Crippen LogP contribution in [0, 0.1) is 0 Å². The van der Waals surface area contributed by atoms with Crippen LogP contribution in [0.15, 0.2) is 4.99 Å². The van der Waals surface area contributed by atoms with Gasteiger partial charge in [0.05, 0.1) is 0 Å². The van der Waals surface area contributed by atoms with E-state index in [4.69, 9.17) is 0 Å². The molecule has 4 nitrogen and oxygen atoms in total. The Morgan fingerprint density at radius 3 is 2.80 bits per heavy atom. The van der Waals surface area contributed by atoms with Gasteiger partial charge >= 0.3 is 0 Å². The molecule has 0 aromatic heterocycles. The Bertz CT molecular complexity index is 206. The normalized spacial score (nSPS) is 22.5. The third-order valence-corrected chi connectivity index (χ3v) is 2.24. The number of hydrogen-bond donors (Lipinski definition) is 2. The van der Waals surface area contributed by atoms with Gasteiger partial charge in [0, 0.05) is 25.2 Å². The number of nitrogens with one attached hydrogen (secondary N) is 2. The fourth-order valence-electron chi connectivity index (χ4n) is 1.64. The van der Waals surface area contributed by atoms with E-state index in [0.717, 1.165) is 25.5 Å². The van der Waals surface area contributed by atoms with E-state index in [2.05, 4.69) is 48.5 Å². The minimum Gasteiger partial charge on any atom is -0.354 e. The largest absolute Gasteiger partial charge is 0.354 e. The summed E-state index contributed by atoms with van der Waals surface area (Å²) in [6, 6.07) is 0.975.